The fraction of sp³-hybridized carbons (Fsp3) is 0.100. The number of nitrogens with one attached hydrogen (secondary N) is 1. The van der Waals surface area contributed by atoms with Crippen molar-refractivity contribution in [1.29, 1.82) is 0 Å². The predicted octanol–water partition coefficient (Wildman–Crippen LogP) is 5.96. The third-order valence-electron chi connectivity index (χ3n) is 4.58. The van der Waals surface area contributed by atoms with Gasteiger partial charge in [-0.2, -0.15) is 0 Å². The molecule has 0 amide bonds. The summed E-state index contributed by atoms with van der Waals surface area (Å²) in [4.78, 5) is 8.55. The van der Waals surface area contributed by atoms with Gasteiger partial charge in [-0.25, -0.2) is 23.1 Å². The Morgan fingerprint density at radius 3 is 2.36 bits per heavy atom. The van der Waals surface area contributed by atoms with Crippen molar-refractivity contribution in [3.63, 3.8) is 0 Å². The quantitative estimate of drug-likeness (QED) is 0.422. The minimum Gasteiger partial charge on any atom is -0.337 e. The Morgan fingerprint density at radius 1 is 0.964 bits per heavy atom. The zero-order valence-electron chi connectivity index (χ0n) is 14.9. The molecule has 8 heteroatoms. The van der Waals surface area contributed by atoms with E-state index in [4.69, 9.17) is 0 Å². The fourth-order valence-corrected chi connectivity index (χ4v) is 3.53. The van der Waals surface area contributed by atoms with Crippen LogP contribution in [0.25, 0.3) is 16.7 Å². The van der Waals surface area contributed by atoms with Gasteiger partial charge >= 0.3 is 0 Å². The van der Waals surface area contributed by atoms with Gasteiger partial charge in [0.2, 0.25) is 0 Å². The van der Waals surface area contributed by atoms with Crippen LogP contribution < -0.4 is 5.32 Å². The Balaban J connectivity index is 1.92. The van der Waals surface area contributed by atoms with Crippen LogP contribution in [0.2, 0.25) is 0 Å². The Hall–Kier alpha value is -2.87. The van der Waals surface area contributed by atoms with Gasteiger partial charge in [0, 0.05) is 16.2 Å². The van der Waals surface area contributed by atoms with Crippen LogP contribution in [0.15, 0.2) is 47.2 Å². The van der Waals surface area contributed by atoms with E-state index in [0.717, 1.165) is 17.3 Å². The molecule has 4 aromatic rings. The van der Waals surface area contributed by atoms with E-state index in [9.17, 15) is 13.2 Å². The van der Waals surface area contributed by atoms with Crippen LogP contribution in [0, 0.1) is 31.3 Å². The Bertz CT molecular complexity index is 1200. The second-order valence-electron chi connectivity index (χ2n) is 6.34. The number of nitrogens with zero attached hydrogens (tertiary/aromatic N) is 3. The summed E-state index contributed by atoms with van der Waals surface area (Å²) in [5.41, 5.74) is 2.60. The van der Waals surface area contributed by atoms with Crippen molar-refractivity contribution in [2.75, 3.05) is 5.32 Å². The number of hydrogen-bond acceptors (Lipinski definition) is 3. The molecule has 0 unspecified atom stereocenters. The largest absolute Gasteiger partial charge is 0.337 e. The topological polar surface area (TPSA) is 42.7 Å². The maximum Gasteiger partial charge on any atom is 0.150 e. The molecule has 4 rings (SSSR count). The average Bonchev–Trinajstić information content (AvgIpc) is 2.88. The number of aryl methyl sites for hydroxylation is 1. The zero-order chi connectivity index (χ0) is 20.0. The van der Waals surface area contributed by atoms with Gasteiger partial charge in [0.1, 0.15) is 29.6 Å². The van der Waals surface area contributed by atoms with Crippen molar-refractivity contribution in [2.24, 2.45) is 0 Å². The second-order valence-corrected chi connectivity index (χ2v) is 7.26. The molecule has 0 aliphatic heterocycles. The smallest absolute Gasteiger partial charge is 0.150 e. The van der Waals surface area contributed by atoms with Crippen LogP contribution in [0.5, 0.6) is 0 Å². The van der Waals surface area contributed by atoms with Crippen molar-refractivity contribution in [3.8, 4) is 5.69 Å². The van der Waals surface area contributed by atoms with E-state index in [-0.39, 0.29) is 5.69 Å². The standard InChI is InChI=1S/C20H14BrF3N4/c1-10-11(2)28(15-7-13(22)6-14(23)8-15)20-18(10)19(25-9-26-20)27-17-4-3-12(21)5-16(17)24/h3-9H,1-2H3,(H,25,26,27). The minimum atomic E-state index is -0.682. The van der Waals surface area contributed by atoms with Gasteiger partial charge in [-0.05, 0) is 49.7 Å². The van der Waals surface area contributed by atoms with Gasteiger partial charge < -0.3 is 5.32 Å². The predicted molar refractivity (Wildman–Crippen MR) is 106 cm³/mol. The van der Waals surface area contributed by atoms with Crippen LogP contribution in [0.4, 0.5) is 24.7 Å². The first-order valence-corrected chi connectivity index (χ1v) is 9.15. The summed E-state index contributed by atoms with van der Waals surface area (Å²) < 4.78 is 44.0. The first-order valence-electron chi connectivity index (χ1n) is 8.36. The number of hydrogen-bond donors (Lipinski definition) is 1. The summed E-state index contributed by atoms with van der Waals surface area (Å²) in [6.45, 7) is 3.68. The number of aromatic nitrogens is 3. The van der Waals surface area contributed by atoms with Crippen LogP contribution in [0.1, 0.15) is 11.3 Å². The molecule has 0 aliphatic rings. The van der Waals surface area contributed by atoms with Gasteiger partial charge in [-0.1, -0.05) is 15.9 Å². The van der Waals surface area contributed by atoms with E-state index >= 15 is 0 Å². The second kappa shape index (κ2) is 6.94. The molecule has 142 valence electrons. The van der Waals surface area contributed by atoms with E-state index in [1.165, 1.54) is 24.5 Å². The molecule has 28 heavy (non-hydrogen) atoms. The Kier molecular flexibility index (Phi) is 4.58. The number of anilines is 2. The molecule has 4 nitrogen and oxygen atoms in total. The van der Waals surface area contributed by atoms with E-state index in [1.54, 1.807) is 16.7 Å². The molecule has 0 spiro atoms. The third-order valence-corrected chi connectivity index (χ3v) is 5.08. The lowest BCUT2D eigenvalue weighted by molar-refractivity contribution is 0.581. The lowest BCUT2D eigenvalue weighted by Crippen LogP contribution is -2.01. The van der Waals surface area contributed by atoms with Crippen molar-refractivity contribution in [3.05, 3.63) is 75.9 Å². The summed E-state index contributed by atoms with van der Waals surface area (Å²) in [6, 6.07) is 7.93. The SMILES string of the molecule is Cc1c(C)n(-c2cc(F)cc(F)c2)c2ncnc(Nc3ccc(Br)cc3F)c12. The van der Waals surface area contributed by atoms with Gasteiger partial charge in [0.15, 0.2) is 5.65 Å². The molecule has 2 aromatic heterocycles. The average molecular weight is 447 g/mol. The first-order chi connectivity index (χ1) is 13.3. The minimum absolute atomic E-state index is 0.254. The highest BCUT2D eigenvalue weighted by Gasteiger charge is 2.19. The summed E-state index contributed by atoms with van der Waals surface area (Å²) in [5.74, 6) is -1.40. The van der Waals surface area contributed by atoms with Gasteiger partial charge in [-0.3, -0.25) is 4.57 Å². The van der Waals surface area contributed by atoms with Gasteiger partial charge in [-0.15, -0.1) is 0 Å². The molecule has 0 bridgehead atoms. The third kappa shape index (κ3) is 3.13. The number of rotatable bonds is 3. The molecule has 0 radical (unpaired) electrons. The molecular weight excluding hydrogens is 433 g/mol. The highest BCUT2D eigenvalue weighted by molar-refractivity contribution is 9.10. The maximum atomic E-state index is 14.3. The zero-order valence-corrected chi connectivity index (χ0v) is 16.5. The van der Waals surface area contributed by atoms with E-state index in [0.29, 0.717) is 27.0 Å². The number of fused-ring (bicyclic) bond motifs is 1. The van der Waals surface area contributed by atoms with E-state index < -0.39 is 17.5 Å². The van der Waals surface area contributed by atoms with Crippen LogP contribution >= 0.6 is 15.9 Å². The Labute approximate surface area is 167 Å². The lowest BCUT2D eigenvalue weighted by Gasteiger charge is -2.10. The molecule has 0 saturated carbocycles. The molecule has 0 aliphatic carbocycles. The highest BCUT2D eigenvalue weighted by Crippen LogP contribution is 2.33. The lowest BCUT2D eigenvalue weighted by atomic mass is 10.2. The molecular formula is C20H14BrF3N4. The molecule has 0 atom stereocenters. The molecule has 0 saturated heterocycles. The molecule has 1 N–H and O–H groups in total. The van der Waals surface area contributed by atoms with Crippen molar-refractivity contribution >= 4 is 38.5 Å². The summed E-state index contributed by atoms with van der Waals surface area (Å²) in [5, 5.41) is 3.63. The summed E-state index contributed by atoms with van der Waals surface area (Å²) >= 11 is 3.23. The van der Waals surface area contributed by atoms with Crippen molar-refractivity contribution in [2.45, 2.75) is 13.8 Å². The Morgan fingerprint density at radius 2 is 1.68 bits per heavy atom. The van der Waals surface area contributed by atoms with Gasteiger partial charge in [0.05, 0.1) is 16.8 Å². The molecule has 0 fully saturated rings. The molecule has 2 aromatic carbocycles. The van der Waals surface area contributed by atoms with Crippen LogP contribution in [-0.4, -0.2) is 14.5 Å². The van der Waals surface area contributed by atoms with Crippen molar-refractivity contribution in [1.82, 2.24) is 14.5 Å². The number of benzene rings is 2. The van der Waals surface area contributed by atoms with Crippen molar-refractivity contribution < 1.29 is 13.2 Å². The van der Waals surface area contributed by atoms with Crippen LogP contribution in [-0.2, 0) is 0 Å². The summed E-state index contributed by atoms with van der Waals surface area (Å²) in [6.07, 6.45) is 1.33. The fourth-order valence-electron chi connectivity index (χ4n) is 3.20. The first kappa shape index (κ1) is 18.5. The van der Waals surface area contributed by atoms with E-state index in [1.807, 2.05) is 13.8 Å². The van der Waals surface area contributed by atoms with Crippen LogP contribution in [0.3, 0.4) is 0 Å². The molecule has 2 heterocycles. The van der Waals surface area contributed by atoms with Gasteiger partial charge in [0.25, 0.3) is 0 Å². The maximum absolute atomic E-state index is 14.3. The summed E-state index contributed by atoms with van der Waals surface area (Å²) in [7, 11) is 0. The normalized spacial score (nSPS) is 11.2. The highest BCUT2D eigenvalue weighted by atomic mass is 79.9. The number of halogens is 4. The van der Waals surface area contributed by atoms with E-state index in [2.05, 4.69) is 31.2 Å². The monoisotopic (exact) mass is 446 g/mol.